The zero-order chi connectivity index (χ0) is 30.2. The molecule has 3 N–H and O–H groups in total. The van der Waals surface area contributed by atoms with E-state index in [4.69, 9.17) is 23.7 Å². The second kappa shape index (κ2) is 10.8. The number of aliphatic hydroxyl groups excluding tert-OH is 2. The molecule has 0 aromatic heterocycles. The van der Waals surface area contributed by atoms with Crippen LogP contribution in [0.5, 0.6) is 0 Å². The zero-order valence-corrected chi connectivity index (χ0v) is 25.5. The number of esters is 2. The van der Waals surface area contributed by atoms with Gasteiger partial charge in [0, 0.05) is 37.9 Å². The van der Waals surface area contributed by atoms with Gasteiger partial charge in [0.15, 0.2) is 6.29 Å². The number of ether oxygens (including phenoxy) is 5. The number of fused-ring (bicyclic) bond motifs is 5. The van der Waals surface area contributed by atoms with E-state index in [0.717, 1.165) is 50.5 Å². The Kier molecular flexibility index (Phi) is 7.84. The highest BCUT2D eigenvalue weighted by Crippen LogP contribution is 2.70. The molecule has 0 bridgehead atoms. The fourth-order valence-corrected chi connectivity index (χ4v) is 10.4. The predicted molar refractivity (Wildman–Crippen MR) is 149 cm³/mol. The van der Waals surface area contributed by atoms with Gasteiger partial charge in [-0.2, -0.15) is 0 Å². The van der Waals surface area contributed by atoms with Gasteiger partial charge in [-0.05, 0) is 80.6 Å². The van der Waals surface area contributed by atoms with Crippen LogP contribution in [-0.4, -0.2) is 89.5 Å². The van der Waals surface area contributed by atoms with Crippen molar-refractivity contribution in [3.8, 4) is 0 Å². The molecule has 236 valence electrons. The molecule has 5 fully saturated rings. The van der Waals surface area contributed by atoms with E-state index in [-0.39, 0.29) is 41.9 Å². The lowest BCUT2D eigenvalue weighted by atomic mass is 9.43. The molecule has 10 nitrogen and oxygen atoms in total. The molecular formula is C32H48O10. The predicted octanol–water partition coefficient (Wildman–Crippen LogP) is 2.65. The summed E-state index contributed by atoms with van der Waals surface area (Å²) in [4.78, 5) is 24.2. The van der Waals surface area contributed by atoms with Crippen LogP contribution in [-0.2, 0) is 33.3 Å². The summed E-state index contributed by atoms with van der Waals surface area (Å²) < 4.78 is 28.7. The highest BCUT2D eigenvalue weighted by molar-refractivity contribution is 5.85. The van der Waals surface area contributed by atoms with Crippen LogP contribution in [0.2, 0.25) is 0 Å². The number of carbonyl (C=O) groups excluding carboxylic acids is 2. The van der Waals surface area contributed by atoms with Gasteiger partial charge in [0.05, 0.1) is 17.8 Å². The molecule has 1 saturated heterocycles. The smallest absolute Gasteiger partial charge is 0.331 e. The molecule has 14 atom stereocenters. The summed E-state index contributed by atoms with van der Waals surface area (Å²) >= 11 is 0. The van der Waals surface area contributed by atoms with Crippen molar-refractivity contribution in [3.63, 3.8) is 0 Å². The molecule has 0 unspecified atom stereocenters. The quantitative estimate of drug-likeness (QED) is 0.322. The second-order valence-electron chi connectivity index (χ2n) is 14.5. The fraction of sp³-hybridized carbons (Fsp3) is 0.875. The van der Waals surface area contributed by atoms with Crippen LogP contribution in [0, 0.1) is 34.5 Å². The summed E-state index contributed by atoms with van der Waals surface area (Å²) in [6.07, 6.45) is 3.36. The van der Waals surface area contributed by atoms with Gasteiger partial charge in [-0.15, -0.1) is 0 Å². The molecule has 0 aromatic carbocycles. The molecule has 0 aromatic rings. The van der Waals surface area contributed by atoms with Gasteiger partial charge in [-0.1, -0.05) is 13.8 Å². The minimum Gasteiger partial charge on any atom is -0.462 e. The van der Waals surface area contributed by atoms with Crippen LogP contribution in [0.1, 0.15) is 79.1 Å². The van der Waals surface area contributed by atoms with Crippen molar-refractivity contribution in [2.45, 2.75) is 128 Å². The van der Waals surface area contributed by atoms with Gasteiger partial charge in [-0.25, -0.2) is 4.79 Å². The second-order valence-corrected chi connectivity index (χ2v) is 14.5. The van der Waals surface area contributed by atoms with Crippen molar-refractivity contribution in [2.24, 2.45) is 34.5 Å². The normalized spacial score (nSPS) is 52.0. The first-order valence-electron chi connectivity index (χ1n) is 15.8. The van der Waals surface area contributed by atoms with E-state index in [1.807, 2.05) is 0 Å². The van der Waals surface area contributed by atoms with E-state index in [9.17, 15) is 24.9 Å². The molecule has 6 aliphatic rings. The number of methoxy groups -OCH3 is 1. The van der Waals surface area contributed by atoms with Crippen LogP contribution >= 0.6 is 0 Å². The number of carbonyl (C=O) groups is 2. The van der Waals surface area contributed by atoms with Crippen LogP contribution in [0.3, 0.4) is 0 Å². The Balaban J connectivity index is 1.20. The number of rotatable bonds is 5. The lowest BCUT2D eigenvalue weighted by Gasteiger charge is -2.63. The maximum atomic E-state index is 12.7. The van der Waals surface area contributed by atoms with E-state index >= 15 is 0 Å². The first-order chi connectivity index (χ1) is 19.8. The Morgan fingerprint density at radius 2 is 1.83 bits per heavy atom. The Morgan fingerprint density at radius 3 is 2.50 bits per heavy atom. The molecule has 2 aliphatic heterocycles. The average molecular weight is 593 g/mol. The number of cyclic esters (lactones) is 1. The number of hydrogen-bond donors (Lipinski definition) is 3. The summed E-state index contributed by atoms with van der Waals surface area (Å²) in [5.74, 6) is -0.234. The summed E-state index contributed by atoms with van der Waals surface area (Å²) in [6.45, 7) is 7.85. The summed E-state index contributed by atoms with van der Waals surface area (Å²) in [6, 6.07) is 0. The number of hydrogen-bond acceptors (Lipinski definition) is 10. The van der Waals surface area contributed by atoms with Crippen LogP contribution in [0.25, 0.3) is 0 Å². The number of aliphatic hydroxyl groups is 3. The Hall–Kier alpha value is -1.56. The molecule has 0 radical (unpaired) electrons. The topological polar surface area (TPSA) is 141 Å². The lowest BCUT2D eigenvalue weighted by molar-refractivity contribution is -0.313. The highest BCUT2D eigenvalue weighted by Gasteiger charge is 2.71. The van der Waals surface area contributed by atoms with Crippen molar-refractivity contribution in [3.05, 3.63) is 11.6 Å². The maximum absolute atomic E-state index is 12.7. The first kappa shape index (κ1) is 30.5. The van der Waals surface area contributed by atoms with E-state index < -0.39 is 47.8 Å². The largest absolute Gasteiger partial charge is 0.462 e. The molecule has 10 heteroatoms. The van der Waals surface area contributed by atoms with Crippen molar-refractivity contribution < 1.29 is 48.6 Å². The minimum absolute atomic E-state index is 0.0190. The van der Waals surface area contributed by atoms with Gasteiger partial charge in [0.2, 0.25) is 0 Å². The molecule has 4 aliphatic carbocycles. The molecule has 42 heavy (non-hydrogen) atoms. The maximum Gasteiger partial charge on any atom is 0.331 e. The van der Waals surface area contributed by atoms with Gasteiger partial charge in [0.25, 0.3) is 0 Å². The van der Waals surface area contributed by atoms with Crippen LogP contribution in [0.15, 0.2) is 11.6 Å². The standard InChI is InChI=1S/C32H48O10/c1-16-26(35)28(38-5)27(36)29(40-16)42-20-8-10-30(3)19(13-20)6-7-22-21(30)9-11-31(4)25(18-12-24(34)39-15-18)23(41-17(2)33)14-32(22,31)37/h12,16,19-23,25-29,35-37H,6-11,13-15H2,1-5H3/t16-,19+,20-,21-,22+,23-,25-,26-,27+,28+,29-,30-,31+,32-/m0/s1. The molecule has 4 saturated carbocycles. The summed E-state index contributed by atoms with van der Waals surface area (Å²) in [5.41, 5.74) is -0.720. The third kappa shape index (κ3) is 4.58. The monoisotopic (exact) mass is 592 g/mol. The van der Waals surface area contributed by atoms with Crippen molar-refractivity contribution in [2.75, 3.05) is 13.7 Å². The van der Waals surface area contributed by atoms with Gasteiger partial charge in [0.1, 0.15) is 31.0 Å². The molecule has 6 rings (SSSR count). The van der Waals surface area contributed by atoms with Crippen LogP contribution in [0.4, 0.5) is 0 Å². The van der Waals surface area contributed by atoms with E-state index in [2.05, 4.69) is 13.8 Å². The SMILES string of the molecule is CO[C@@H]1[C@@H](O)[C@H](C)O[C@@H](O[C@H]2CC[C@@]3(C)[C@H](CC[C@@H]4[C@@H]3CC[C@]3(C)[C@@H](C5=CC(=O)OC5)[C@@H](OC(C)=O)C[C@]43O)C2)[C@@H]1O. The fourth-order valence-electron chi connectivity index (χ4n) is 10.4. The average Bonchev–Trinajstić information content (AvgIpc) is 3.44. The Labute approximate surface area is 248 Å². The van der Waals surface area contributed by atoms with Gasteiger partial charge < -0.3 is 39.0 Å². The third-order valence-electron chi connectivity index (χ3n) is 12.6. The summed E-state index contributed by atoms with van der Waals surface area (Å²) in [5, 5.41) is 33.8. The molecule has 2 heterocycles. The van der Waals surface area contributed by atoms with E-state index in [1.165, 1.54) is 20.1 Å². The minimum atomic E-state index is -1.08. The van der Waals surface area contributed by atoms with E-state index in [1.54, 1.807) is 6.92 Å². The molecular weight excluding hydrogens is 544 g/mol. The third-order valence-corrected chi connectivity index (χ3v) is 12.6. The Bertz CT molecular complexity index is 1110. The molecule has 0 spiro atoms. The van der Waals surface area contributed by atoms with Crippen molar-refractivity contribution >= 4 is 11.9 Å². The van der Waals surface area contributed by atoms with Gasteiger partial charge in [-0.3, -0.25) is 4.79 Å². The highest BCUT2D eigenvalue weighted by atomic mass is 16.7. The zero-order valence-electron chi connectivity index (χ0n) is 25.5. The molecule has 0 amide bonds. The van der Waals surface area contributed by atoms with Crippen molar-refractivity contribution in [1.29, 1.82) is 0 Å². The van der Waals surface area contributed by atoms with E-state index in [0.29, 0.717) is 18.3 Å². The summed E-state index contributed by atoms with van der Waals surface area (Å²) in [7, 11) is 1.47. The Morgan fingerprint density at radius 1 is 1.07 bits per heavy atom. The first-order valence-corrected chi connectivity index (χ1v) is 15.8. The van der Waals surface area contributed by atoms with Crippen molar-refractivity contribution in [1.82, 2.24) is 0 Å². The van der Waals surface area contributed by atoms with Crippen LogP contribution < -0.4 is 0 Å². The lowest BCUT2D eigenvalue weighted by Crippen LogP contribution is -2.62. The van der Waals surface area contributed by atoms with Gasteiger partial charge >= 0.3 is 11.9 Å².